The molecular weight excluding hydrogens is 442 g/mol. The molecule has 2 aliphatic carbocycles. The molecule has 3 unspecified atom stereocenters. The molecule has 2 heterocycles. The van der Waals surface area contributed by atoms with Gasteiger partial charge in [0.2, 0.25) is 5.91 Å². The fourth-order valence-corrected chi connectivity index (χ4v) is 5.73. The van der Waals surface area contributed by atoms with Gasteiger partial charge in [0, 0.05) is 32.0 Å². The summed E-state index contributed by atoms with van der Waals surface area (Å²) < 4.78 is 0. The summed E-state index contributed by atoms with van der Waals surface area (Å²) in [4.78, 5) is 17.3. The van der Waals surface area contributed by atoms with Crippen LogP contribution >= 0.6 is 0 Å². The summed E-state index contributed by atoms with van der Waals surface area (Å²) in [6.45, 7) is 2.18. The number of aromatic nitrogens is 1. The fraction of sp³-hybridized carbons (Fsp3) is 0.571. The van der Waals surface area contributed by atoms with Gasteiger partial charge in [-0.1, -0.05) is 25.0 Å². The van der Waals surface area contributed by atoms with Crippen LogP contribution in [0.25, 0.3) is 0 Å². The minimum absolute atomic E-state index is 0.0120. The number of nitrogens with one attached hydrogen (secondary N) is 1. The molecule has 1 aromatic carbocycles. The molecule has 7 nitrogen and oxygen atoms in total. The van der Waals surface area contributed by atoms with E-state index in [1.165, 1.54) is 19.3 Å². The van der Waals surface area contributed by atoms with Gasteiger partial charge in [-0.25, -0.2) is 0 Å². The number of pyridine rings is 1. The minimum atomic E-state index is -0.598. The Morgan fingerprint density at radius 3 is 2.63 bits per heavy atom. The molecule has 0 bridgehead atoms. The zero-order chi connectivity index (χ0) is 24.8. The maximum atomic E-state index is 11.6. The number of carbonyl (C=O) groups is 1. The monoisotopic (exact) mass is 481 g/mol. The van der Waals surface area contributed by atoms with Crippen LogP contribution in [0.3, 0.4) is 0 Å². The summed E-state index contributed by atoms with van der Waals surface area (Å²) in [5.74, 6) is 1.09. The number of carbonyl (C=O) groups excluding carboxylic acids is 1. The van der Waals surface area contributed by atoms with E-state index >= 15 is 0 Å². The molecule has 0 spiro atoms. The van der Waals surface area contributed by atoms with Gasteiger partial charge in [0.15, 0.2) is 11.5 Å². The van der Waals surface area contributed by atoms with Crippen LogP contribution in [0.4, 0.5) is 0 Å². The van der Waals surface area contributed by atoms with E-state index in [1.54, 1.807) is 31.6 Å². The first-order valence-electron chi connectivity index (χ1n) is 13.0. The maximum Gasteiger partial charge on any atom is 0.224 e. The summed E-state index contributed by atoms with van der Waals surface area (Å²) in [5.41, 5.74) is 1.33. The molecule has 3 fully saturated rings. The molecule has 2 aromatic rings. The second-order valence-corrected chi connectivity index (χ2v) is 10.4. The number of piperidine rings is 1. The molecule has 7 heteroatoms. The van der Waals surface area contributed by atoms with Gasteiger partial charge in [0.25, 0.3) is 0 Å². The average molecular weight is 482 g/mol. The molecule has 2 saturated carbocycles. The first kappa shape index (κ1) is 25.5. The summed E-state index contributed by atoms with van der Waals surface area (Å²) >= 11 is 0. The van der Waals surface area contributed by atoms with Crippen LogP contribution in [0.2, 0.25) is 0 Å². The Morgan fingerprint density at radius 1 is 1.11 bits per heavy atom. The lowest BCUT2D eigenvalue weighted by Gasteiger charge is -2.54. The summed E-state index contributed by atoms with van der Waals surface area (Å²) in [6.07, 6.45) is 12.7. The molecule has 3 aliphatic rings. The quantitative estimate of drug-likeness (QED) is 0.471. The molecule has 4 N–H and O–H groups in total. The third kappa shape index (κ3) is 6.53. The maximum absolute atomic E-state index is 11.6. The molecule has 1 aromatic heterocycles. The summed E-state index contributed by atoms with van der Waals surface area (Å²) in [6, 6.07) is 8.91. The molecule has 35 heavy (non-hydrogen) atoms. The number of hydrogen-bond acceptors (Lipinski definition) is 6. The molecule has 5 rings (SSSR count). The van der Waals surface area contributed by atoms with E-state index in [2.05, 4.69) is 15.2 Å². The molecule has 1 aliphatic heterocycles. The van der Waals surface area contributed by atoms with Crippen LogP contribution in [0.5, 0.6) is 11.5 Å². The second-order valence-electron chi connectivity index (χ2n) is 10.4. The van der Waals surface area contributed by atoms with Crippen molar-refractivity contribution >= 4 is 5.91 Å². The number of amides is 1. The number of rotatable bonds is 6. The van der Waals surface area contributed by atoms with Crippen LogP contribution in [-0.4, -0.2) is 62.9 Å². The number of benzene rings is 1. The van der Waals surface area contributed by atoms with Crippen LogP contribution in [0.1, 0.15) is 56.1 Å². The number of likely N-dealkylation sites (tertiary alicyclic amines) is 1. The third-order valence-electron chi connectivity index (χ3n) is 7.89. The largest absolute Gasteiger partial charge is 0.504 e. The number of phenols is 2. The molecule has 0 radical (unpaired) electrons. The van der Waals surface area contributed by atoms with Crippen molar-refractivity contribution in [1.29, 1.82) is 0 Å². The number of likely N-dealkylation sites (N-methyl/N-ethyl adjacent to an activating group) is 1. The highest BCUT2D eigenvalue weighted by atomic mass is 16.3. The van der Waals surface area contributed by atoms with Gasteiger partial charge in [0.05, 0.1) is 12.0 Å². The van der Waals surface area contributed by atoms with E-state index < -0.39 is 5.60 Å². The van der Waals surface area contributed by atoms with Gasteiger partial charge >= 0.3 is 0 Å². The van der Waals surface area contributed by atoms with E-state index in [0.29, 0.717) is 12.3 Å². The van der Waals surface area contributed by atoms with Crippen LogP contribution < -0.4 is 5.32 Å². The number of hydrogen-bond donors (Lipinski definition) is 4. The highest BCUT2D eigenvalue weighted by molar-refractivity contribution is 5.78. The molecule has 3 atom stereocenters. The van der Waals surface area contributed by atoms with Gasteiger partial charge in [-0.2, -0.15) is 0 Å². The van der Waals surface area contributed by atoms with Gasteiger partial charge < -0.3 is 20.6 Å². The van der Waals surface area contributed by atoms with Crippen molar-refractivity contribution in [3.05, 3.63) is 53.9 Å². The molecule has 1 saturated heterocycles. The number of fused-ring (bicyclic) bond motifs is 1. The fourth-order valence-electron chi connectivity index (χ4n) is 5.73. The lowest BCUT2D eigenvalue weighted by atomic mass is 9.66. The third-order valence-corrected chi connectivity index (χ3v) is 7.89. The Kier molecular flexibility index (Phi) is 8.29. The molecule has 1 amide bonds. The Balaban J connectivity index is 0.000000221. The first-order chi connectivity index (χ1) is 16.9. The number of phenolic OH excluding ortho intramolecular Hbond substituents is 2. The summed E-state index contributed by atoms with van der Waals surface area (Å²) in [7, 11) is 1.62. The Bertz CT molecular complexity index is 981. The SMILES string of the molecule is CNC(=O)Cc1cccnc1.Oc1ccc(CC2N(CC3CC3)CCC3CCCCC32O)cc1O. The highest BCUT2D eigenvalue weighted by Crippen LogP contribution is 2.45. The number of aliphatic hydroxyl groups is 1. The normalized spacial score (nSPS) is 26.2. The van der Waals surface area contributed by atoms with Gasteiger partial charge in [0.1, 0.15) is 0 Å². The Hall–Kier alpha value is -2.64. The standard InChI is InChI=1S/C20H29NO3.C8H10N2O/c22-17-7-6-15(11-18(17)23)12-19-20(24)9-2-1-3-16(20)8-10-21(19)13-14-4-5-14;1-9-8(11)5-7-3-2-4-10-6-7/h6-7,11,14,16,19,22-24H,1-5,8-10,12-13H2;2-4,6H,5H2,1H3,(H,9,11). The van der Waals surface area contributed by atoms with Crippen molar-refractivity contribution in [3.8, 4) is 11.5 Å². The van der Waals surface area contributed by atoms with Crippen LogP contribution in [0, 0.1) is 11.8 Å². The van der Waals surface area contributed by atoms with Crippen LogP contribution in [0.15, 0.2) is 42.7 Å². The smallest absolute Gasteiger partial charge is 0.224 e. The van der Waals surface area contributed by atoms with Gasteiger partial charge in [-0.15, -0.1) is 0 Å². The zero-order valence-electron chi connectivity index (χ0n) is 20.7. The Labute approximate surface area is 208 Å². The van der Waals surface area contributed by atoms with Crippen molar-refractivity contribution in [2.45, 2.75) is 69.4 Å². The Morgan fingerprint density at radius 2 is 1.94 bits per heavy atom. The van der Waals surface area contributed by atoms with Gasteiger partial charge in [-0.3, -0.25) is 14.7 Å². The minimum Gasteiger partial charge on any atom is -0.504 e. The van der Waals surface area contributed by atoms with Crippen molar-refractivity contribution in [3.63, 3.8) is 0 Å². The van der Waals surface area contributed by atoms with Crippen molar-refractivity contribution < 1.29 is 20.1 Å². The lowest BCUT2D eigenvalue weighted by Crippen LogP contribution is -2.63. The van der Waals surface area contributed by atoms with Gasteiger partial charge in [-0.05, 0) is 86.2 Å². The number of nitrogens with zero attached hydrogens (tertiary/aromatic N) is 2. The predicted octanol–water partition coefficient (Wildman–Crippen LogP) is 3.42. The van der Waals surface area contributed by atoms with E-state index in [1.807, 2.05) is 18.2 Å². The van der Waals surface area contributed by atoms with Crippen LogP contribution in [-0.2, 0) is 17.6 Å². The first-order valence-corrected chi connectivity index (χ1v) is 13.0. The second kappa shape index (κ2) is 11.4. The van der Waals surface area contributed by atoms with Crippen molar-refractivity contribution in [2.24, 2.45) is 11.8 Å². The topological polar surface area (TPSA) is 106 Å². The van der Waals surface area contributed by atoms with E-state index in [4.69, 9.17) is 0 Å². The average Bonchev–Trinajstić information content (AvgIpc) is 3.68. The predicted molar refractivity (Wildman–Crippen MR) is 135 cm³/mol. The van der Waals surface area contributed by atoms with Crippen molar-refractivity contribution in [2.75, 3.05) is 20.1 Å². The van der Waals surface area contributed by atoms with E-state index in [-0.39, 0.29) is 23.4 Å². The molecular formula is C28H39N3O4. The van der Waals surface area contributed by atoms with Crippen molar-refractivity contribution in [1.82, 2.24) is 15.2 Å². The highest BCUT2D eigenvalue weighted by Gasteiger charge is 2.50. The lowest BCUT2D eigenvalue weighted by molar-refractivity contribution is -0.141. The molecule has 190 valence electrons. The summed E-state index contributed by atoms with van der Waals surface area (Å²) in [5, 5.41) is 33.5. The van der Waals surface area contributed by atoms with E-state index in [9.17, 15) is 20.1 Å². The zero-order valence-corrected chi connectivity index (χ0v) is 20.7. The number of aromatic hydroxyl groups is 2. The van der Waals surface area contributed by atoms with E-state index in [0.717, 1.165) is 62.2 Å².